The summed E-state index contributed by atoms with van der Waals surface area (Å²) in [5.74, 6) is 2.94. The van der Waals surface area contributed by atoms with Gasteiger partial charge in [-0.05, 0) is 141 Å². The Morgan fingerprint density at radius 2 is 1.52 bits per heavy atom. The molecular weight excluding hydrogens is 564 g/mol. The Bertz CT molecular complexity index is 1230. The van der Waals surface area contributed by atoms with Gasteiger partial charge in [0.15, 0.2) is 0 Å². The molecule has 0 saturated heterocycles. The van der Waals surface area contributed by atoms with Crippen molar-refractivity contribution in [2.75, 3.05) is 13.2 Å². The van der Waals surface area contributed by atoms with Crippen molar-refractivity contribution >= 4 is 5.97 Å². The second kappa shape index (κ2) is 18.8. The molecule has 2 aliphatic rings. The van der Waals surface area contributed by atoms with Crippen LogP contribution in [0.15, 0.2) is 48.6 Å². The fourth-order valence-corrected chi connectivity index (χ4v) is 8.50. The first kappa shape index (κ1) is 36.4. The van der Waals surface area contributed by atoms with Crippen LogP contribution in [-0.4, -0.2) is 24.3 Å². The summed E-state index contributed by atoms with van der Waals surface area (Å²) in [5.41, 5.74) is 9.42. The summed E-state index contributed by atoms with van der Waals surface area (Å²) < 4.78 is 5.48. The van der Waals surface area contributed by atoms with Gasteiger partial charge in [0.2, 0.25) is 0 Å². The van der Waals surface area contributed by atoms with Crippen LogP contribution in [0, 0.1) is 23.7 Å². The highest BCUT2D eigenvalue weighted by molar-refractivity contribution is 5.86. The van der Waals surface area contributed by atoms with E-state index in [9.17, 15) is 9.90 Å². The number of carbonyl (C=O) groups excluding carboxylic acids is 1. The summed E-state index contributed by atoms with van der Waals surface area (Å²) in [4.78, 5) is 11.9. The number of aryl methyl sites for hydroxylation is 3. The molecule has 0 aromatic heterocycles. The lowest BCUT2D eigenvalue weighted by Gasteiger charge is -2.35. The number of benzene rings is 2. The predicted octanol–water partition coefficient (Wildman–Crippen LogP) is 11.2. The van der Waals surface area contributed by atoms with Gasteiger partial charge in [-0.3, -0.25) is 0 Å². The van der Waals surface area contributed by atoms with Crippen LogP contribution in [0.25, 0.3) is 11.1 Å². The molecule has 0 spiro atoms. The van der Waals surface area contributed by atoms with Crippen molar-refractivity contribution in [3.05, 3.63) is 70.8 Å². The number of unbranched alkanes of at least 4 members (excludes halogenated alkanes) is 2. The Kier molecular flexibility index (Phi) is 14.9. The Morgan fingerprint density at radius 3 is 2.13 bits per heavy atom. The molecule has 2 aliphatic carbocycles. The SMILES string of the molecule is C=C(C)C(=O)OCC(CCO)C1CCC(CCC2CCC(c3ccc(-c4ccc(CCCCC)c(CC)c4)c(CC)c3)CC2)CC1. The van der Waals surface area contributed by atoms with E-state index in [1.165, 1.54) is 112 Å². The fraction of sp³-hybridized carbons (Fsp3) is 0.651. The van der Waals surface area contributed by atoms with Crippen molar-refractivity contribution in [2.24, 2.45) is 23.7 Å². The lowest BCUT2D eigenvalue weighted by atomic mass is 9.72. The number of aliphatic hydroxyl groups excluding tert-OH is 1. The molecule has 2 aromatic carbocycles. The highest BCUT2D eigenvalue weighted by Crippen LogP contribution is 2.42. The molecule has 2 aromatic rings. The minimum Gasteiger partial charge on any atom is -0.462 e. The molecule has 254 valence electrons. The molecule has 0 amide bonds. The fourth-order valence-electron chi connectivity index (χ4n) is 8.50. The van der Waals surface area contributed by atoms with Crippen LogP contribution in [0.2, 0.25) is 0 Å². The van der Waals surface area contributed by atoms with Crippen molar-refractivity contribution in [1.29, 1.82) is 0 Å². The number of hydrogen-bond acceptors (Lipinski definition) is 3. The highest BCUT2D eigenvalue weighted by Gasteiger charge is 2.30. The molecule has 46 heavy (non-hydrogen) atoms. The maximum atomic E-state index is 11.9. The van der Waals surface area contributed by atoms with Crippen molar-refractivity contribution in [3.8, 4) is 11.1 Å². The van der Waals surface area contributed by atoms with Gasteiger partial charge in [0.05, 0.1) is 6.61 Å². The number of hydrogen-bond donors (Lipinski definition) is 1. The molecular formula is C43H64O3. The Morgan fingerprint density at radius 1 is 0.848 bits per heavy atom. The van der Waals surface area contributed by atoms with E-state index >= 15 is 0 Å². The molecule has 0 aliphatic heterocycles. The smallest absolute Gasteiger partial charge is 0.333 e. The first-order valence-electron chi connectivity index (χ1n) is 19.0. The van der Waals surface area contributed by atoms with E-state index in [-0.39, 0.29) is 18.5 Å². The molecule has 0 bridgehead atoms. The molecule has 4 rings (SSSR count). The van der Waals surface area contributed by atoms with Gasteiger partial charge in [0.1, 0.15) is 0 Å². The average Bonchev–Trinajstić information content (AvgIpc) is 3.09. The monoisotopic (exact) mass is 628 g/mol. The van der Waals surface area contributed by atoms with Crippen LogP contribution in [0.3, 0.4) is 0 Å². The lowest BCUT2D eigenvalue weighted by molar-refractivity contribution is -0.141. The highest BCUT2D eigenvalue weighted by atomic mass is 16.5. The van der Waals surface area contributed by atoms with Crippen molar-refractivity contribution in [3.63, 3.8) is 0 Å². The summed E-state index contributed by atoms with van der Waals surface area (Å²) in [7, 11) is 0. The third-order valence-electron chi connectivity index (χ3n) is 11.6. The van der Waals surface area contributed by atoms with E-state index in [0.29, 0.717) is 24.0 Å². The van der Waals surface area contributed by atoms with Crippen LogP contribution >= 0.6 is 0 Å². The summed E-state index contributed by atoms with van der Waals surface area (Å²) in [6.45, 7) is 12.9. The average molecular weight is 629 g/mol. The second-order valence-corrected chi connectivity index (χ2v) is 14.8. The summed E-state index contributed by atoms with van der Waals surface area (Å²) in [6, 6.07) is 14.7. The molecule has 0 radical (unpaired) electrons. The number of esters is 1. The standard InChI is InChI=1S/C43H64O3/c1-6-9-10-11-36-22-23-40(28-34(36)7-2)42-25-24-39(29-35(42)8-3)37-18-14-32(15-19-37)12-13-33-16-20-38(21-17-33)41(26-27-44)30-46-43(45)31(4)5/h22-25,28-29,32-33,37-38,41,44H,4,6-21,26-27,30H2,1-3,5H3. The van der Waals surface area contributed by atoms with Crippen LogP contribution < -0.4 is 0 Å². The topological polar surface area (TPSA) is 46.5 Å². The minimum atomic E-state index is -0.307. The third-order valence-corrected chi connectivity index (χ3v) is 11.6. The minimum absolute atomic E-state index is 0.161. The van der Waals surface area contributed by atoms with E-state index in [4.69, 9.17) is 4.74 Å². The van der Waals surface area contributed by atoms with Crippen LogP contribution in [0.1, 0.15) is 146 Å². The van der Waals surface area contributed by atoms with Gasteiger partial charge in [-0.15, -0.1) is 0 Å². The quantitative estimate of drug-likeness (QED) is 0.108. The molecule has 0 heterocycles. The van der Waals surface area contributed by atoms with Gasteiger partial charge in [0, 0.05) is 12.2 Å². The predicted molar refractivity (Wildman–Crippen MR) is 194 cm³/mol. The summed E-state index contributed by atoms with van der Waals surface area (Å²) in [6.07, 6.45) is 21.1. The zero-order valence-corrected chi connectivity index (χ0v) is 29.8. The molecule has 3 nitrogen and oxygen atoms in total. The number of aliphatic hydroxyl groups is 1. The molecule has 1 atom stereocenters. The van der Waals surface area contributed by atoms with Gasteiger partial charge in [-0.1, -0.05) is 102 Å². The maximum Gasteiger partial charge on any atom is 0.333 e. The lowest BCUT2D eigenvalue weighted by Crippen LogP contribution is -2.27. The zero-order valence-electron chi connectivity index (χ0n) is 29.8. The van der Waals surface area contributed by atoms with Crippen LogP contribution in [0.5, 0.6) is 0 Å². The number of ether oxygens (including phenoxy) is 1. The Balaban J connectivity index is 1.24. The van der Waals surface area contributed by atoms with Crippen molar-refractivity contribution in [2.45, 2.75) is 143 Å². The molecule has 1 N–H and O–H groups in total. The summed E-state index contributed by atoms with van der Waals surface area (Å²) >= 11 is 0. The third kappa shape index (κ3) is 10.3. The zero-order chi connectivity index (χ0) is 32.9. The van der Waals surface area contributed by atoms with Gasteiger partial charge in [-0.2, -0.15) is 0 Å². The van der Waals surface area contributed by atoms with Gasteiger partial charge in [0.25, 0.3) is 0 Å². The van der Waals surface area contributed by atoms with E-state index in [2.05, 4.69) is 63.7 Å². The first-order valence-corrected chi connectivity index (χ1v) is 19.0. The molecule has 3 heteroatoms. The first-order chi connectivity index (χ1) is 22.4. The van der Waals surface area contributed by atoms with Crippen molar-refractivity contribution in [1.82, 2.24) is 0 Å². The molecule has 1 unspecified atom stereocenters. The van der Waals surface area contributed by atoms with Crippen LogP contribution in [0.4, 0.5) is 0 Å². The number of rotatable bonds is 17. The van der Waals surface area contributed by atoms with E-state index in [1.807, 2.05) is 0 Å². The Hall–Kier alpha value is -2.39. The largest absolute Gasteiger partial charge is 0.462 e. The normalized spacial score (nSPS) is 22.4. The second-order valence-electron chi connectivity index (χ2n) is 14.8. The van der Waals surface area contributed by atoms with E-state index in [1.54, 1.807) is 18.1 Å². The molecule has 2 fully saturated rings. The van der Waals surface area contributed by atoms with Gasteiger partial charge < -0.3 is 9.84 Å². The van der Waals surface area contributed by atoms with Gasteiger partial charge in [-0.25, -0.2) is 4.79 Å². The van der Waals surface area contributed by atoms with Gasteiger partial charge >= 0.3 is 5.97 Å². The Labute approximate surface area is 281 Å². The molecule has 2 saturated carbocycles. The van der Waals surface area contributed by atoms with E-state index < -0.39 is 0 Å². The number of carbonyl (C=O) groups is 1. The maximum absolute atomic E-state index is 11.9. The summed E-state index contributed by atoms with van der Waals surface area (Å²) in [5, 5.41) is 9.60. The van der Waals surface area contributed by atoms with Crippen LogP contribution in [-0.2, 0) is 28.8 Å². The van der Waals surface area contributed by atoms with Crippen molar-refractivity contribution < 1.29 is 14.6 Å². The van der Waals surface area contributed by atoms with E-state index in [0.717, 1.165) is 31.1 Å².